The highest BCUT2D eigenvalue weighted by molar-refractivity contribution is 5.83. The zero-order valence-corrected chi connectivity index (χ0v) is 17.5. The van der Waals surface area contributed by atoms with E-state index in [1.165, 1.54) is 0 Å². The lowest BCUT2D eigenvalue weighted by Gasteiger charge is -2.14. The maximum atomic E-state index is 9.47. The largest absolute Gasteiger partial charge is 0.497 e. The van der Waals surface area contributed by atoms with Crippen molar-refractivity contribution in [1.82, 2.24) is 14.6 Å². The van der Waals surface area contributed by atoms with Gasteiger partial charge in [-0.1, -0.05) is 6.07 Å². The molecule has 2 aromatic carbocycles. The number of fused-ring (bicyclic) bond motifs is 1. The van der Waals surface area contributed by atoms with Gasteiger partial charge in [0.25, 0.3) is 0 Å². The Balaban J connectivity index is 1.93. The van der Waals surface area contributed by atoms with Crippen molar-refractivity contribution < 1.29 is 18.9 Å². The number of benzene rings is 2. The molecule has 0 radical (unpaired) electrons. The maximum Gasteiger partial charge on any atom is 0.203 e. The lowest BCUT2D eigenvalue weighted by molar-refractivity contribution is 0.324. The molecule has 0 fully saturated rings. The van der Waals surface area contributed by atoms with E-state index in [-0.39, 0.29) is 0 Å². The molecule has 0 saturated heterocycles. The van der Waals surface area contributed by atoms with Crippen molar-refractivity contribution in [3.8, 4) is 40.3 Å². The number of methoxy groups -OCH3 is 4. The molecule has 158 valence electrons. The van der Waals surface area contributed by atoms with Crippen LogP contribution in [-0.2, 0) is 0 Å². The van der Waals surface area contributed by atoms with Gasteiger partial charge in [-0.15, -0.1) is 0 Å². The zero-order valence-electron chi connectivity index (χ0n) is 17.5. The zero-order chi connectivity index (χ0) is 22.0. The van der Waals surface area contributed by atoms with Crippen LogP contribution >= 0.6 is 0 Å². The molecular formula is C22H21N5O4. The molecule has 2 heterocycles. The quantitative estimate of drug-likeness (QED) is 0.467. The van der Waals surface area contributed by atoms with Crippen molar-refractivity contribution >= 4 is 17.2 Å². The van der Waals surface area contributed by atoms with Gasteiger partial charge in [-0.25, -0.2) is 9.50 Å². The van der Waals surface area contributed by atoms with E-state index in [0.717, 1.165) is 11.3 Å². The number of hydrogen-bond donors (Lipinski definition) is 2. The van der Waals surface area contributed by atoms with Crippen LogP contribution < -0.4 is 24.3 Å². The molecule has 31 heavy (non-hydrogen) atoms. The smallest absolute Gasteiger partial charge is 0.203 e. The lowest BCUT2D eigenvalue weighted by atomic mass is 10.1. The molecule has 9 heteroatoms. The topological polar surface area (TPSA) is 106 Å². The second-order valence-electron chi connectivity index (χ2n) is 6.54. The number of imidazole rings is 1. The number of nitriles is 1. The van der Waals surface area contributed by atoms with Crippen LogP contribution in [-0.4, -0.2) is 43.0 Å². The standard InChI is InChI=1S/C22H21N5O4/c1-28-16-7-5-6-15(10-16)25-22-19(26-21-14(11-23)12-24-27(21)22)13-8-17(29-2)20(31-4)18(9-13)30-3/h5-10,12,24-25H,1-4H3. The van der Waals surface area contributed by atoms with Gasteiger partial charge in [0.15, 0.2) is 23.0 Å². The van der Waals surface area contributed by atoms with Crippen molar-refractivity contribution in [2.45, 2.75) is 0 Å². The Kier molecular flexibility index (Phi) is 5.28. The van der Waals surface area contributed by atoms with Crippen LogP contribution in [0.1, 0.15) is 5.56 Å². The van der Waals surface area contributed by atoms with Crippen molar-refractivity contribution in [3.63, 3.8) is 0 Å². The lowest BCUT2D eigenvalue weighted by Crippen LogP contribution is -1.99. The van der Waals surface area contributed by atoms with E-state index in [1.807, 2.05) is 36.4 Å². The fourth-order valence-corrected chi connectivity index (χ4v) is 3.37. The molecular weight excluding hydrogens is 398 g/mol. The summed E-state index contributed by atoms with van der Waals surface area (Å²) in [6.07, 6.45) is 1.61. The fraction of sp³-hybridized carbons (Fsp3) is 0.182. The molecule has 0 aliphatic heterocycles. The van der Waals surface area contributed by atoms with Crippen LogP contribution in [0.15, 0.2) is 42.6 Å². The van der Waals surface area contributed by atoms with Gasteiger partial charge in [0.1, 0.15) is 23.1 Å². The number of anilines is 2. The Hall–Kier alpha value is -4.32. The van der Waals surface area contributed by atoms with Crippen molar-refractivity contribution in [2.24, 2.45) is 0 Å². The molecule has 0 aliphatic rings. The highest BCUT2D eigenvalue weighted by Gasteiger charge is 2.22. The van der Waals surface area contributed by atoms with E-state index in [4.69, 9.17) is 23.9 Å². The summed E-state index contributed by atoms with van der Waals surface area (Å²) < 4.78 is 23.5. The highest BCUT2D eigenvalue weighted by Crippen LogP contribution is 2.43. The first-order valence-corrected chi connectivity index (χ1v) is 9.34. The summed E-state index contributed by atoms with van der Waals surface area (Å²) in [6, 6.07) is 13.3. The first-order valence-electron chi connectivity index (χ1n) is 9.34. The summed E-state index contributed by atoms with van der Waals surface area (Å²) in [4.78, 5) is 4.72. The maximum absolute atomic E-state index is 9.47. The summed E-state index contributed by atoms with van der Waals surface area (Å²) in [7, 11) is 6.28. The van der Waals surface area contributed by atoms with E-state index in [0.29, 0.717) is 45.7 Å². The van der Waals surface area contributed by atoms with Gasteiger partial charge < -0.3 is 24.3 Å². The molecule has 0 amide bonds. The number of ether oxygens (including phenoxy) is 4. The van der Waals surface area contributed by atoms with Gasteiger partial charge in [-0.2, -0.15) is 5.26 Å². The Labute approximate surface area is 178 Å². The van der Waals surface area contributed by atoms with Gasteiger partial charge in [0.2, 0.25) is 5.75 Å². The SMILES string of the molecule is COc1cccc(Nc2c(-c3cc(OC)c(OC)c(OC)c3)nc3c(C#N)c[nH]n23)c1. The number of rotatable bonds is 7. The fourth-order valence-electron chi connectivity index (χ4n) is 3.37. The van der Waals surface area contributed by atoms with Gasteiger partial charge in [-0.05, 0) is 24.3 Å². The summed E-state index contributed by atoms with van der Waals surface area (Å²) in [6.45, 7) is 0. The molecule has 4 aromatic rings. The van der Waals surface area contributed by atoms with Gasteiger partial charge in [-0.3, -0.25) is 5.10 Å². The molecule has 9 nitrogen and oxygen atoms in total. The van der Waals surface area contributed by atoms with Crippen LogP contribution in [0.25, 0.3) is 16.9 Å². The molecule has 0 saturated carbocycles. The minimum absolute atomic E-state index is 0.424. The molecule has 4 rings (SSSR count). The summed E-state index contributed by atoms with van der Waals surface area (Å²) >= 11 is 0. The van der Waals surface area contributed by atoms with E-state index in [9.17, 15) is 5.26 Å². The first-order chi connectivity index (χ1) is 15.1. The Morgan fingerprint density at radius 1 is 1.00 bits per heavy atom. The van der Waals surface area contributed by atoms with Crippen LogP contribution in [0.4, 0.5) is 11.5 Å². The monoisotopic (exact) mass is 419 g/mol. The van der Waals surface area contributed by atoms with Gasteiger partial charge in [0.05, 0.1) is 28.4 Å². The van der Waals surface area contributed by atoms with Gasteiger partial charge >= 0.3 is 0 Å². The molecule has 2 aromatic heterocycles. The van der Waals surface area contributed by atoms with E-state index >= 15 is 0 Å². The third-order valence-electron chi connectivity index (χ3n) is 4.85. The first kappa shape index (κ1) is 20.0. The normalized spacial score (nSPS) is 10.5. The average molecular weight is 419 g/mol. The second kappa shape index (κ2) is 8.20. The predicted octanol–water partition coefficient (Wildman–Crippen LogP) is 3.98. The van der Waals surface area contributed by atoms with Crippen LogP contribution in [0.2, 0.25) is 0 Å². The van der Waals surface area contributed by atoms with Crippen LogP contribution in [0, 0.1) is 11.3 Å². The molecule has 0 unspecified atom stereocenters. The number of H-pyrrole nitrogens is 1. The summed E-state index contributed by atoms with van der Waals surface area (Å²) in [5.41, 5.74) is 3.04. The molecule has 2 N–H and O–H groups in total. The minimum Gasteiger partial charge on any atom is -0.497 e. The molecule has 0 aliphatic carbocycles. The third-order valence-corrected chi connectivity index (χ3v) is 4.85. The van der Waals surface area contributed by atoms with Crippen LogP contribution in [0.5, 0.6) is 23.0 Å². The number of aromatic nitrogens is 3. The number of nitrogens with zero attached hydrogens (tertiary/aromatic N) is 3. The third kappa shape index (κ3) is 3.44. The summed E-state index contributed by atoms with van der Waals surface area (Å²) in [5, 5.41) is 15.9. The van der Waals surface area contributed by atoms with Crippen molar-refractivity contribution in [1.29, 1.82) is 5.26 Å². The van der Waals surface area contributed by atoms with Crippen molar-refractivity contribution in [3.05, 3.63) is 48.2 Å². The summed E-state index contributed by atoms with van der Waals surface area (Å²) in [5.74, 6) is 2.84. The Morgan fingerprint density at radius 2 is 1.74 bits per heavy atom. The number of aromatic amines is 1. The highest BCUT2D eigenvalue weighted by atomic mass is 16.5. The van der Waals surface area contributed by atoms with E-state index in [1.54, 1.807) is 39.2 Å². The molecule has 0 atom stereocenters. The van der Waals surface area contributed by atoms with Gasteiger partial charge in [0, 0.05) is 23.5 Å². The van der Waals surface area contributed by atoms with E-state index in [2.05, 4.69) is 16.5 Å². The second-order valence-corrected chi connectivity index (χ2v) is 6.54. The Bertz CT molecular complexity index is 1260. The molecule has 0 bridgehead atoms. The predicted molar refractivity (Wildman–Crippen MR) is 116 cm³/mol. The Morgan fingerprint density at radius 3 is 2.35 bits per heavy atom. The minimum atomic E-state index is 0.424. The van der Waals surface area contributed by atoms with Crippen LogP contribution in [0.3, 0.4) is 0 Å². The number of nitrogens with one attached hydrogen (secondary N) is 2. The average Bonchev–Trinajstić information content (AvgIpc) is 3.37. The number of hydrogen-bond acceptors (Lipinski definition) is 7. The van der Waals surface area contributed by atoms with Crippen molar-refractivity contribution in [2.75, 3.05) is 33.8 Å². The molecule has 0 spiro atoms. The van der Waals surface area contributed by atoms with E-state index < -0.39 is 0 Å².